The van der Waals surface area contributed by atoms with Crippen molar-refractivity contribution < 1.29 is 9.90 Å². The number of nitrogens with one attached hydrogen (secondary N) is 1. The zero-order valence-electron chi connectivity index (χ0n) is 11.0. The van der Waals surface area contributed by atoms with Crippen LogP contribution in [-0.2, 0) is 6.54 Å². The number of aryl methyl sites for hydroxylation is 1. The molecule has 5 heteroatoms. The first-order valence-corrected chi connectivity index (χ1v) is 6.88. The van der Waals surface area contributed by atoms with E-state index in [2.05, 4.69) is 21.2 Å². The van der Waals surface area contributed by atoms with E-state index < -0.39 is 5.97 Å². The second-order valence-corrected chi connectivity index (χ2v) is 5.46. The van der Waals surface area contributed by atoms with Crippen LogP contribution < -0.4 is 11.1 Å². The average molecular weight is 335 g/mol. The van der Waals surface area contributed by atoms with Crippen molar-refractivity contribution in [1.29, 1.82) is 0 Å². The van der Waals surface area contributed by atoms with Crippen LogP contribution in [0, 0.1) is 6.92 Å². The highest BCUT2D eigenvalue weighted by atomic mass is 79.9. The third-order valence-electron chi connectivity index (χ3n) is 3.00. The Kier molecular flexibility index (Phi) is 4.29. The quantitative estimate of drug-likeness (QED) is 0.746. The second-order valence-electron chi connectivity index (χ2n) is 4.54. The summed E-state index contributed by atoms with van der Waals surface area (Å²) in [6.07, 6.45) is 0. The van der Waals surface area contributed by atoms with E-state index in [0.29, 0.717) is 12.2 Å². The van der Waals surface area contributed by atoms with Gasteiger partial charge in [0.2, 0.25) is 0 Å². The Morgan fingerprint density at radius 1 is 1.35 bits per heavy atom. The monoisotopic (exact) mass is 334 g/mol. The number of hydrogen-bond donors (Lipinski definition) is 3. The highest BCUT2D eigenvalue weighted by Crippen LogP contribution is 2.23. The summed E-state index contributed by atoms with van der Waals surface area (Å²) < 4.78 is 1.01. The van der Waals surface area contributed by atoms with Gasteiger partial charge in [0.15, 0.2) is 0 Å². The van der Waals surface area contributed by atoms with Gasteiger partial charge in [0.05, 0.1) is 5.56 Å². The molecule has 0 saturated heterocycles. The number of anilines is 2. The van der Waals surface area contributed by atoms with Crippen molar-refractivity contribution >= 4 is 33.3 Å². The number of nitrogens with two attached hydrogens (primary N) is 1. The van der Waals surface area contributed by atoms with Crippen molar-refractivity contribution in [2.75, 3.05) is 11.1 Å². The third-order valence-corrected chi connectivity index (χ3v) is 3.50. The topological polar surface area (TPSA) is 75.3 Å². The minimum Gasteiger partial charge on any atom is -0.478 e. The Bertz CT molecular complexity index is 656. The molecule has 20 heavy (non-hydrogen) atoms. The smallest absolute Gasteiger partial charge is 0.337 e. The Hall–Kier alpha value is -2.01. The van der Waals surface area contributed by atoms with Crippen LogP contribution in [0.5, 0.6) is 0 Å². The molecule has 0 aliphatic rings. The second kappa shape index (κ2) is 5.96. The molecule has 0 aliphatic heterocycles. The van der Waals surface area contributed by atoms with Crippen LogP contribution in [0.15, 0.2) is 40.9 Å². The van der Waals surface area contributed by atoms with Crippen molar-refractivity contribution in [3.63, 3.8) is 0 Å². The van der Waals surface area contributed by atoms with E-state index >= 15 is 0 Å². The maximum atomic E-state index is 11.1. The molecule has 0 radical (unpaired) electrons. The molecule has 2 aromatic rings. The number of nitrogen functional groups attached to an aromatic ring is 1. The van der Waals surface area contributed by atoms with Crippen LogP contribution in [0.4, 0.5) is 11.4 Å². The number of rotatable bonds is 4. The molecule has 0 aromatic heterocycles. The number of carboxylic acids is 1. The SMILES string of the molecule is Cc1cc(NCc2cccc(Br)c2)cc(C(=O)O)c1N. The predicted octanol–water partition coefficient (Wildman–Crippen LogP) is 3.65. The molecule has 0 amide bonds. The summed E-state index contributed by atoms with van der Waals surface area (Å²) in [6, 6.07) is 11.3. The van der Waals surface area contributed by atoms with E-state index in [9.17, 15) is 4.79 Å². The third kappa shape index (κ3) is 3.30. The largest absolute Gasteiger partial charge is 0.478 e. The molecule has 0 atom stereocenters. The van der Waals surface area contributed by atoms with E-state index in [4.69, 9.17) is 10.8 Å². The number of carboxylic acid groups (broad SMARTS) is 1. The molecule has 0 saturated carbocycles. The van der Waals surface area contributed by atoms with Crippen LogP contribution in [0.2, 0.25) is 0 Å². The predicted molar refractivity (Wildman–Crippen MR) is 84.0 cm³/mol. The molecule has 104 valence electrons. The van der Waals surface area contributed by atoms with Gasteiger partial charge in [-0.05, 0) is 42.3 Å². The molecular formula is C15H15BrN2O2. The molecule has 4 nitrogen and oxygen atoms in total. The van der Waals surface area contributed by atoms with Crippen LogP contribution in [-0.4, -0.2) is 11.1 Å². The molecular weight excluding hydrogens is 320 g/mol. The van der Waals surface area contributed by atoms with Gasteiger partial charge in [-0.1, -0.05) is 28.1 Å². The highest BCUT2D eigenvalue weighted by Gasteiger charge is 2.11. The van der Waals surface area contributed by atoms with Crippen molar-refractivity contribution in [2.45, 2.75) is 13.5 Å². The molecule has 0 aliphatic carbocycles. The lowest BCUT2D eigenvalue weighted by atomic mass is 10.1. The van der Waals surface area contributed by atoms with Crippen LogP contribution >= 0.6 is 15.9 Å². The fourth-order valence-corrected chi connectivity index (χ4v) is 2.38. The fraction of sp³-hybridized carbons (Fsp3) is 0.133. The molecule has 2 rings (SSSR count). The van der Waals surface area contributed by atoms with Gasteiger partial charge in [-0.15, -0.1) is 0 Å². The fourth-order valence-electron chi connectivity index (χ4n) is 1.93. The maximum Gasteiger partial charge on any atom is 0.337 e. The van der Waals surface area contributed by atoms with Crippen LogP contribution in [0.3, 0.4) is 0 Å². The van der Waals surface area contributed by atoms with Crippen LogP contribution in [0.25, 0.3) is 0 Å². The Morgan fingerprint density at radius 2 is 2.10 bits per heavy atom. The lowest BCUT2D eigenvalue weighted by Gasteiger charge is -2.11. The molecule has 4 N–H and O–H groups in total. The van der Waals surface area contributed by atoms with Crippen molar-refractivity contribution in [3.05, 3.63) is 57.6 Å². The van der Waals surface area contributed by atoms with Gasteiger partial charge >= 0.3 is 5.97 Å². The summed E-state index contributed by atoms with van der Waals surface area (Å²) in [5, 5.41) is 12.3. The average Bonchev–Trinajstić information content (AvgIpc) is 2.39. The van der Waals surface area contributed by atoms with Crippen molar-refractivity contribution in [1.82, 2.24) is 0 Å². The Labute approximate surface area is 125 Å². The summed E-state index contributed by atoms with van der Waals surface area (Å²) >= 11 is 3.42. The van der Waals surface area contributed by atoms with E-state index in [1.165, 1.54) is 0 Å². The zero-order chi connectivity index (χ0) is 14.7. The standard InChI is InChI=1S/C15H15BrN2O2/c1-9-5-12(7-13(14(9)17)15(19)20)18-8-10-3-2-4-11(16)6-10/h2-7,18H,8,17H2,1H3,(H,19,20). The highest BCUT2D eigenvalue weighted by molar-refractivity contribution is 9.10. The molecule has 0 heterocycles. The number of carbonyl (C=O) groups is 1. The van der Waals surface area contributed by atoms with Gasteiger partial charge < -0.3 is 16.2 Å². The van der Waals surface area contributed by atoms with E-state index in [0.717, 1.165) is 21.3 Å². The summed E-state index contributed by atoms with van der Waals surface area (Å²) in [4.78, 5) is 11.1. The summed E-state index contributed by atoms with van der Waals surface area (Å²) in [5.74, 6) is -1.02. The summed E-state index contributed by atoms with van der Waals surface area (Å²) in [5.41, 5.74) is 8.80. The van der Waals surface area contributed by atoms with Gasteiger partial charge in [0.1, 0.15) is 0 Å². The number of halogens is 1. The van der Waals surface area contributed by atoms with Gasteiger partial charge in [-0.2, -0.15) is 0 Å². The van der Waals surface area contributed by atoms with Crippen molar-refractivity contribution in [3.8, 4) is 0 Å². The normalized spacial score (nSPS) is 10.3. The summed E-state index contributed by atoms with van der Waals surface area (Å²) in [6.45, 7) is 2.41. The summed E-state index contributed by atoms with van der Waals surface area (Å²) in [7, 11) is 0. The van der Waals surface area contributed by atoms with E-state index in [1.54, 1.807) is 13.0 Å². The number of benzene rings is 2. The molecule has 0 unspecified atom stereocenters. The van der Waals surface area contributed by atoms with Crippen LogP contribution in [0.1, 0.15) is 21.5 Å². The van der Waals surface area contributed by atoms with Gasteiger partial charge in [-0.25, -0.2) is 4.79 Å². The van der Waals surface area contributed by atoms with Gasteiger partial charge in [-0.3, -0.25) is 0 Å². The van der Waals surface area contributed by atoms with Gasteiger partial charge in [0.25, 0.3) is 0 Å². The first kappa shape index (κ1) is 14.4. The van der Waals surface area contributed by atoms with Gasteiger partial charge in [0, 0.05) is 22.4 Å². The lowest BCUT2D eigenvalue weighted by Crippen LogP contribution is -2.07. The first-order valence-electron chi connectivity index (χ1n) is 6.09. The number of hydrogen-bond acceptors (Lipinski definition) is 3. The number of aromatic carboxylic acids is 1. The lowest BCUT2D eigenvalue weighted by molar-refractivity contribution is 0.0698. The zero-order valence-corrected chi connectivity index (χ0v) is 12.6. The van der Waals surface area contributed by atoms with E-state index in [-0.39, 0.29) is 5.56 Å². The maximum absolute atomic E-state index is 11.1. The minimum atomic E-state index is -1.02. The molecule has 0 spiro atoms. The molecule has 0 fully saturated rings. The first-order chi connectivity index (χ1) is 9.47. The minimum absolute atomic E-state index is 0.127. The Balaban J connectivity index is 2.20. The Morgan fingerprint density at radius 3 is 2.75 bits per heavy atom. The van der Waals surface area contributed by atoms with Crippen molar-refractivity contribution in [2.24, 2.45) is 0 Å². The molecule has 0 bridgehead atoms. The molecule has 2 aromatic carbocycles. The van der Waals surface area contributed by atoms with E-state index in [1.807, 2.05) is 30.3 Å².